The normalized spacial score (nSPS) is 16.7. The van der Waals surface area contributed by atoms with E-state index >= 15 is 0 Å². The van der Waals surface area contributed by atoms with E-state index in [1.165, 1.54) is 23.9 Å². The van der Waals surface area contributed by atoms with Gasteiger partial charge in [0.25, 0.3) is 11.6 Å². The number of amidine groups is 1. The van der Waals surface area contributed by atoms with Crippen LogP contribution in [0.2, 0.25) is 0 Å². The van der Waals surface area contributed by atoms with Crippen molar-refractivity contribution in [1.82, 2.24) is 5.32 Å². The topological polar surface area (TPSA) is 93.8 Å². The van der Waals surface area contributed by atoms with E-state index in [1.807, 2.05) is 25.1 Å². The molecule has 1 fully saturated rings. The highest BCUT2D eigenvalue weighted by molar-refractivity contribution is 8.18. The van der Waals surface area contributed by atoms with Gasteiger partial charge in [-0.1, -0.05) is 24.3 Å². The molecule has 1 N–H and O–H groups in total. The summed E-state index contributed by atoms with van der Waals surface area (Å²) in [5.41, 5.74) is 1.17. The van der Waals surface area contributed by atoms with Gasteiger partial charge in [-0.2, -0.15) is 0 Å². The lowest BCUT2D eigenvalue weighted by Gasteiger charge is -2.06. The number of non-ortho nitro benzene ring substituents is 1. The van der Waals surface area contributed by atoms with Gasteiger partial charge in [0.15, 0.2) is 5.17 Å². The molecule has 132 valence electrons. The van der Waals surface area contributed by atoms with E-state index in [4.69, 9.17) is 4.74 Å². The number of nitrogens with zero attached hydrogens (tertiary/aromatic N) is 2. The minimum absolute atomic E-state index is 0.0257. The molecule has 0 aliphatic carbocycles. The average Bonchev–Trinajstić information content (AvgIpc) is 2.96. The zero-order valence-electron chi connectivity index (χ0n) is 13.8. The van der Waals surface area contributed by atoms with Crippen molar-refractivity contribution in [3.63, 3.8) is 0 Å². The van der Waals surface area contributed by atoms with E-state index in [1.54, 1.807) is 24.3 Å². The van der Waals surface area contributed by atoms with Crippen molar-refractivity contribution < 1.29 is 14.5 Å². The van der Waals surface area contributed by atoms with Gasteiger partial charge in [-0.3, -0.25) is 14.9 Å². The second-order valence-electron chi connectivity index (χ2n) is 5.23. The fourth-order valence-corrected chi connectivity index (χ4v) is 3.13. The van der Waals surface area contributed by atoms with Gasteiger partial charge in [-0.15, -0.1) is 0 Å². The number of thioether (sulfide) groups is 1. The smallest absolute Gasteiger partial charge is 0.270 e. The van der Waals surface area contributed by atoms with Gasteiger partial charge in [0.05, 0.1) is 16.4 Å². The molecule has 0 radical (unpaired) electrons. The quantitative estimate of drug-likeness (QED) is 0.490. The molecule has 0 saturated carbocycles. The molecular formula is C18H15N3O4S. The van der Waals surface area contributed by atoms with E-state index in [0.29, 0.717) is 33.7 Å². The van der Waals surface area contributed by atoms with E-state index < -0.39 is 4.92 Å². The van der Waals surface area contributed by atoms with Gasteiger partial charge in [0.2, 0.25) is 0 Å². The summed E-state index contributed by atoms with van der Waals surface area (Å²) >= 11 is 1.17. The third kappa shape index (κ3) is 4.09. The Morgan fingerprint density at radius 3 is 2.85 bits per heavy atom. The van der Waals surface area contributed by atoms with Gasteiger partial charge in [-0.25, -0.2) is 4.99 Å². The Morgan fingerprint density at radius 1 is 1.27 bits per heavy atom. The summed E-state index contributed by atoms with van der Waals surface area (Å²) in [5, 5.41) is 14.0. The van der Waals surface area contributed by atoms with Crippen molar-refractivity contribution in [1.29, 1.82) is 0 Å². The lowest BCUT2D eigenvalue weighted by Crippen LogP contribution is -2.19. The molecule has 0 atom stereocenters. The van der Waals surface area contributed by atoms with E-state index in [0.717, 1.165) is 0 Å². The van der Waals surface area contributed by atoms with Crippen molar-refractivity contribution in [2.45, 2.75) is 6.92 Å². The van der Waals surface area contributed by atoms with Crippen molar-refractivity contribution in [2.24, 2.45) is 4.99 Å². The number of para-hydroxylation sites is 2. The van der Waals surface area contributed by atoms with Crippen LogP contribution < -0.4 is 10.1 Å². The predicted octanol–water partition coefficient (Wildman–Crippen LogP) is 3.89. The van der Waals surface area contributed by atoms with Crippen LogP contribution in [0.15, 0.2) is 58.4 Å². The number of carbonyl (C=O) groups excluding carboxylic acids is 1. The van der Waals surface area contributed by atoms with Crippen LogP contribution in [0.1, 0.15) is 12.5 Å². The van der Waals surface area contributed by atoms with Gasteiger partial charge in [0, 0.05) is 12.1 Å². The number of rotatable bonds is 5. The van der Waals surface area contributed by atoms with E-state index in [2.05, 4.69) is 10.3 Å². The molecule has 1 saturated heterocycles. The van der Waals surface area contributed by atoms with Crippen LogP contribution in [0.3, 0.4) is 0 Å². The van der Waals surface area contributed by atoms with Crippen LogP contribution in [0.5, 0.6) is 5.75 Å². The molecule has 1 amide bonds. The first-order valence-electron chi connectivity index (χ1n) is 7.82. The Labute approximate surface area is 153 Å². The molecule has 26 heavy (non-hydrogen) atoms. The van der Waals surface area contributed by atoms with Crippen LogP contribution in [-0.4, -0.2) is 22.6 Å². The first kappa shape index (κ1) is 17.7. The van der Waals surface area contributed by atoms with Crippen molar-refractivity contribution in [2.75, 3.05) is 6.61 Å². The molecule has 3 rings (SSSR count). The summed E-state index contributed by atoms with van der Waals surface area (Å²) in [6, 6.07) is 13.4. The molecule has 2 aromatic carbocycles. The second-order valence-corrected chi connectivity index (χ2v) is 6.27. The Hall–Kier alpha value is -3.13. The minimum atomic E-state index is -0.471. The summed E-state index contributed by atoms with van der Waals surface area (Å²) in [7, 11) is 0. The van der Waals surface area contributed by atoms with Crippen molar-refractivity contribution >= 4 is 40.3 Å². The fraction of sp³-hybridized carbons (Fsp3) is 0.111. The van der Waals surface area contributed by atoms with Gasteiger partial charge in [-0.05, 0) is 42.5 Å². The zero-order chi connectivity index (χ0) is 18.5. The lowest BCUT2D eigenvalue weighted by atomic mass is 10.2. The highest BCUT2D eigenvalue weighted by atomic mass is 32.2. The van der Waals surface area contributed by atoms with Crippen LogP contribution in [0.25, 0.3) is 6.08 Å². The molecule has 1 heterocycles. The monoisotopic (exact) mass is 369 g/mol. The number of hydrogen-bond donors (Lipinski definition) is 1. The summed E-state index contributed by atoms with van der Waals surface area (Å²) in [6.45, 7) is 2.40. The molecule has 2 aromatic rings. The van der Waals surface area contributed by atoms with E-state index in [9.17, 15) is 14.9 Å². The third-order valence-corrected chi connectivity index (χ3v) is 4.33. The first-order valence-corrected chi connectivity index (χ1v) is 8.64. The maximum Gasteiger partial charge on any atom is 0.270 e. The lowest BCUT2D eigenvalue weighted by molar-refractivity contribution is -0.384. The van der Waals surface area contributed by atoms with E-state index in [-0.39, 0.29) is 11.6 Å². The summed E-state index contributed by atoms with van der Waals surface area (Å²) in [5.74, 6) is 0.336. The molecule has 8 heteroatoms. The second kappa shape index (κ2) is 7.83. The summed E-state index contributed by atoms with van der Waals surface area (Å²) < 4.78 is 5.52. The predicted molar refractivity (Wildman–Crippen MR) is 102 cm³/mol. The SMILES string of the molecule is CCOc1ccccc1N=C1NC(=O)C(=Cc2cccc([N+](=O)[O-])c2)S1. The Kier molecular flexibility index (Phi) is 5.33. The van der Waals surface area contributed by atoms with Crippen LogP contribution in [0, 0.1) is 10.1 Å². The number of nitro benzene ring substituents is 1. The molecule has 0 aromatic heterocycles. The van der Waals surface area contributed by atoms with Gasteiger partial charge < -0.3 is 10.1 Å². The molecule has 1 aliphatic heterocycles. The molecule has 7 nitrogen and oxygen atoms in total. The maximum absolute atomic E-state index is 12.2. The van der Waals surface area contributed by atoms with Crippen molar-refractivity contribution in [3.05, 3.63) is 69.1 Å². The maximum atomic E-state index is 12.2. The number of hydrogen-bond acceptors (Lipinski definition) is 6. The zero-order valence-corrected chi connectivity index (χ0v) is 14.7. The molecule has 0 unspecified atom stereocenters. The number of aliphatic imine (C=N–C) groups is 1. The summed E-state index contributed by atoms with van der Waals surface area (Å²) in [4.78, 5) is 27.4. The number of nitrogens with one attached hydrogen (secondary N) is 1. The fourth-order valence-electron chi connectivity index (χ4n) is 2.30. The minimum Gasteiger partial charge on any atom is -0.492 e. The Morgan fingerprint density at radius 2 is 2.08 bits per heavy atom. The number of amides is 1. The standard InChI is InChI=1S/C18H15N3O4S/c1-2-25-15-9-4-3-8-14(15)19-18-20-17(22)16(26-18)11-12-6-5-7-13(10-12)21(23)24/h3-11H,2H2,1H3,(H,19,20,22). The highest BCUT2D eigenvalue weighted by Crippen LogP contribution is 2.32. The Bertz CT molecular complexity index is 924. The van der Waals surface area contributed by atoms with Crippen LogP contribution in [0.4, 0.5) is 11.4 Å². The molecular weight excluding hydrogens is 354 g/mol. The summed E-state index contributed by atoms with van der Waals surface area (Å²) in [6.07, 6.45) is 1.60. The highest BCUT2D eigenvalue weighted by Gasteiger charge is 2.24. The number of ether oxygens (including phenoxy) is 1. The van der Waals surface area contributed by atoms with Gasteiger partial charge >= 0.3 is 0 Å². The largest absolute Gasteiger partial charge is 0.492 e. The number of benzene rings is 2. The Balaban J connectivity index is 1.85. The van der Waals surface area contributed by atoms with Crippen molar-refractivity contribution in [3.8, 4) is 5.75 Å². The molecule has 0 bridgehead atoms. The average molecular weight is 369 g/mol. The molecule has 1 aliphatic rings. The number of carbonyl (C=O) groups is 1. The third-order valence-electron chi connectivity index (χ3n) is 3.42. The van der Waals surface area contributed by atoms with Gasteiger partial charge in [0.1, 0.15) is 11.4 Å². The van der Waals surface area contributed by atoms with Crippen LogP contribution >= 0.6 is 11.8 Å². The van der Waals surface area contributed by atoms with Crippen LogP contribution in [-0.2, 0) is 4.79 Å². The first-order chi connectivity index (χ1) is 12.6. The molecule has 0 spiro atoms. The number of nitro groups is 1.